The first-order valence-electron chi connectivity index (χ1n) is 5.89. The molecule has 1 N–H and O–H groups in total. The molecule has 4 nitrogen and oxygen atoms in total. The van der Waals surface area contributed by atoms with E-state index in [0.29, 0.717) is 5.56 Å². The molecule has 20 heavy (non-hydrogen) atoms. The molecule has 2 rings (SSSR count). The number of hydrogen-bond acceptors (Lipinski definition) is 3. The van der Waals surface area contributed by atoms with Gasteiger partial charge in [-0.3, -0.25) is 0 Å². The Bertz CT molecular complexity index is 699. The molecule has 0 unspecified atom stereocenters. The van der Waals surface area contributed by atoms with Gasteiger partial charge in [0.15, 0.2) is 0 Å². The van der Waals surface area contributed by atoms with Gasteiger partial charge < -0.3 is 5.11 Å². The number of nitrogens with zero attached hydrogens (tertiary/aromatic N) is 1. The Morgan fingerprint density at radius 3 is 2.40 bits per heavy atom. The number of phenols is 1. The van der Waals surface area contributed by atoms with Crippen LogP contribution in [-0.4, -0.2) is 24.9 Å². The second kappa shape index (κ2) is 5.60. The lowest BCUT2D eigenvalue weighted by atomic mass is 10.2. The first-order valence-corrected chi connectivity index (χ1v) is 7.33. The quantitative estimate of drug-likeness (QED) is 0.942. The molecule has 0 spiro atoms. The van der Waals surface area contributed by atoms with Crippen molar-refractivity contribution in [2.45, 2.75) is 11.4 Å². The standard InChI is InChI=1S/C14H14FNO3S/c1-16(10-11-5-7-12(15)8-6-11)20(18,19)14-4-2-3-13(17)9-14/h2-9,17H,10H2,1H3. The van der Waals surface area contributed by atoms with Crippen LogP contribution in [0, 0.1) is 5.82 Å². The summed E-state index contributed by atoms with van der Waals surface area (Å²) in [4.78, 5) is 0.0158. The van der Waals surface area contributed by atoms with Crippen molar-refractivity contribution in [2.75, 3.05) is 7.05 Å². The summed E-state index contributed by atoms with van der Waals surface area (Å²) in [6, 6.07) is 11.1. The van der Waals surface area contributed by atoms with Crippen molar-refractivity contribution in [1.82, 2.24) is 4.31 Å². The summed E-state index contributed by atoms with van der Waals surface area (Å²) in [5.74, 6) is -0.478. The van der Waals surface area contributed by atoms with Crippen LogP contribution in [0.2, 0.25) is 0 Å². The molecular formula is C14H14FNO3S. The van der Waals surface area contributed by atoms with Gasteiger partial charge in [0, 0.05) is 13.6 Å². The Morgan fingerprint density at radius 2 is 1.80 bits per heavy atom. The molecule has 0 saturated heterocycles. The van der Waals surface area contributed by atoms with Crippen LogP contribution in [0.1, 0.15) is 5.56 Å². The van der Waals surface area contributed by atoms with E-state index in [1.165, 1.54) is 55.6 Å². The van der Waals surface area contributed by atoms with Crippen molar-refractivity contribution in [3.63, 3.8) is 0 Å². The van der Waals surface area contributed by atoms with E-state index in [9.17, 15) is 17.9 Å². The highest BCUT2D eigenvalue weighted by atomic mass is 32.2. The minimum Gasteiger partial charge on any atom is -0.508 e. The lowest BCUT2D eigenvalue weighted by Gasteiger charge is -2.17. The van der Waals surface area contributed by atoms with E-state index in [-0.39, 0.29) is 23.0 Å². The fraction of sp³-hybridized carbons (Fsp3) is 0.143. The molecule has 0 aromatic heterocycles. The largest absolute Gasteiger partial charge is 0.508 e. The highest BCUT2D eigenvalue weighted by Gasteiger charge is 2.21. The van der Waals surface area contributed by atoms with Crippen LogP contribution in [0.4, 0.5) is 4.39 Å². The van der Waals surface area contributed by atoms with E-state index < -0.39 is 10.0 Å². The van der Waals surface area contributed by atoms with Gasteiger partial charge in [-0.15, -0.1) is 0 Å². The SMILES string of the molecule is CN(Cc1ccc(F)cc1)S(=O)(=O)c1cccc(O)c1. The summed E-state index contributed by atoms with van der Waals surface area (Å²) in [5.41, 5.74) is 0.678. The third-order valence-electron chi connectivity index (χ3n) is 2.84. The number of sulfonamides is 1. The van der Waals surface area contributed by atoms with Crippen molar-refractivity contribution in [3.8, 4) is 5.75 Å². The van der Waals surface area contributed by atoms with Crippen molar-refractivity contribution >= 4 is 10.0 Å². The fourth-order valence-corrected chi connectivity index (χ4v) is 2.95. The van der Waals surface area contributed by atoms with Crippen molar-refractivity contribution in [3.05, 3.63) is 59.9 Å². The smallest absolute Gasteiger partial charge is 0.243 e. The molecule has 0 bridgehead atoms. The van der Waals surface area contributed by atoms with Crippen LogP contribution in [0.25, 0.3) is 0 Å². The molecule has 6 heteroatoms. The molecule has 0 aliphatic carbocycles. The summed E-state index contributed by atoms with van der Waals surface area (Å²) < 4.78 is 38.5. The van der Waals surface area contributed by atoms with E-state index in [1.807, 2.05) is 0 Å². The number of benzene rings is 2. The molecule has 0 aliphatic heterocycles. The Morgan fingerprint density at radius 1 is 1.15 bits per heavy atom. The summed E-state index contributed by atoms with van der Waals surface area (Å²) >= 11 is 0. The molecule has 0 fully saturated rings. The minimum atomic E-state index is -3.69. The number of phenolic OH excluding ortho intramolecular Hbond substituents is 1. The van der Waals surface area contributed by atoms with Crippen molar-refractivity contribution in [2.24, 2.45) is 0 Å². The highest BCUT2D eigenvalue weighted by molar-refractivity contribution is 7.89. The molecule has 0 saturated carbocycles. The predicted octanol–water partition coefficient (Wildman–Crippen LogP) is 2.35. The molecule has 0 aliphatic rings. The Hall–Kier alpha value is -1.92. The topological polar surface area (TPSA) is 57.6 Å². The molecule has 0 radical (unpaired) electrons. The van der Waals surface area contributed by atoms with E-state index >= 15 is 0 Å². The Balaban J connectivity index is 2.23. The molecule has 0 heterocycles. The lowest BCUT2D eigenvalue weighted by molar-refractivity contribution is 0.460. The second-order valence-corrected chi connectivity index (χ2v) is 6.43. The zero-order valence-electron chi connectivity index (χ0n) is 10.8. The van der Waals surface area contributed by atoms with Crippen LogP contribution >= 0.6 is 0 Å². The van der Waals surface area contributed by atoms with E-state index in [1.54, 1.807) is 0 Å². The maximum absolute atomic E-state index is 12.8. The molecule has 2 aromatic rings. The lowest BCUT2D eigenvalue weighted by Crippen LogP contribution is -2.26. The molecular weight excluding hydrogens is 281 g/mol. The second-order valence-electron chi connectivity index (χ2n) is 4.38. The Kier molecular flexibility index (Phi) is 4.06. The van der Waals surface area contributed by atoms with Crippen molar-refractivity contribution < 1.29 is 17.9 Å². The van der Waals surface area contributed by atoms with Crippen LogP contribution in [0.3, 0.4) is 0 Å². The van der Waals surface area contributed by atoms with Gasteiger partial charge in [-0.1, -0.05) is 18.2 Å². The van der Waals surface area contributed by atoms with E-state index in [2.05, 4.69) is 0 Å². The first kappa shape index (κ1) is 14.5. The normalized spacial score (nSPS) is 11.8. The third kappa shape index (κ3) is 3.15. The number of halogens is 1. The maximum Gasteiger partial charge on any atom is 0.243 e. The van der Waals surface area contributed by atoms with Gasteiger partial charge in [-0.05, 0) is 35.9 Å². The van der Waals surface area contributed by atoms with E-state index in [0.717, 1.165) is 4.31 Å². The van der Waals surface area contributed by atoms with Gasteiger partial charge in [0.05, 0.1) is 4.90 Å². The number of rotatable bonds is 4. The summed E-state index contributed by atoms with van der Waals surface area (Å²) in [5, 5.41) is 9.35. The molecule has 0 atom stereocenters. The predicted molar refractivity (Wildman–Crippen MR) is 73.2 cm³/mol. The summed E-state index contributed by atoms with van der Waals surface area (Å²) in [6.07, 6.45) is 0. The highest BCUT2D eigenvalue weighted by Crippen LogP contribution is 2.20. The molecule has 0 amide bonds. The van der Waals surface area contributed by atoms with Crippen LogP contribution in [0.15, 0.2) is 53.4 Å². The maximum atomic E-state index is 12.8. The van der Waals surface area contributed by atoms with Gasteiger partial charge in [0.25, 0.3) is 0 Å². The van der Waals surface area contributed by atoms with Crippen LogP contribution < -0.4 is 0 Å². The van der Waals surface area contributed by atoms with Gasteiger partial charge in [-0.25, -0.2) is 12.8 Å². The molecule has 106 valence electrons. The average molecular weight is 295 g/mol. The van der Waals surface area contributed by atoms with Gasteiger partial charge in [0.1, 0.15) is 11.6 Å². The van der Waals surface area contributed by atoms with Crippen LogP contribution in [-0.2, 0) is 16.6 Å². The Labute approximate surface area is 117 Å². The van der Waals surface area contributed by atoms with Crippen molar-refractivity contribution in [1.29, 1.82) is 0 Å². The monoisotopic (exact) mass is 295 g/mol. The minimum absolute atomic E-state index is 0.0158. The van der Waals surface area contributed by atoms with Gasteiger partial charge >= 0.3 is 0 Å². The zero-order valence-corrected chi connectivity index (χ0v) is 11.6. The van der Waals surface area contributed by atoms with Gasteiger partial charge in [0.2, 0.25) is 10.0 Å². The third-order valence-corrected chi connectivity index (χ3v) is 4.64. The van der Waals surface area contributed by atoms with E-state index in [4.69, 9.17) is 0 Å². The number of aromatic hydroxyl groups is 1. The summed E-state index contributed by atoms with van der Waals surface area (Å²) in [6.45, 7) is 0.123. The zero-order chi connectivity index (χ0) is 14.8. The first-order chi connectivity index (χ1) is 9.39. The number of hydrogen-bond donors (Lipinski definition) is 1. The van der Waals surface area contributed by atoms with Gasteiger partial charge in [-0.2, -0.15) is 4.31 Å². The summed E-state index contributed by atoms with van der Waals surface area (Å²) in [7, 11) is -2.26. The fourth-order valence-electron chi connectivity index (χ4n) is 1.76. The van der Waals surface area contributed by atoms with Crippen LogP contribution in [0.5, 0.6) is 5.75 Å². The average Bonchev–Trinajstić information content (AvgIpc) is 2.41. The molecule has 2 aromatic carbocycles.